The van der Waals surface area contributed by atoms with E-state index in [1.807, 2.05) is 0 Å². The van der Waals surface area contributed by atoms with Gasteiger partial charge >= 0.3 is 48.4 Å². The predicted molar refractivity (Wildman–Crippen MR) is 66.6 cm³/mol. The van der Waals surface area contributed by atoms with Crippen LogP contribution in [0.3, 0.4) is 0 Å². The van der Waals surface area contributed by atoms with Crippen molar-refractivity contribution < 1.29 is 73.2 Å². The summed E-state index contributed by atoms with van der Waals surface area (Å²) in [6.07, 6.45) is 0. The summed E-state index contributed by atoms with van der Waals surface area (Å²) in [5, 5.41) is 0. The number of rotatable bonds is 0. The smallest absolute Gasteiger partial charge is 1.00 e. The zero-order valence-electron chi connectivity index (χ0n) is 10.5. The summed E-state index contributed by atoms with van der Waals surface area (Å²) in [4.78, 5) is 0. The van der Waals surface area contributed by atoms with Gasteiger partial charge in [-0.15, -0.1) is 21.8 Å². The van der Waals surface area contributed by atoms with Gasteiger partial charge in [0.1, 0.15) is 13.0 Å². The Balaban J connectivity index is -0.0000000178. The molecule has 0 amide bonds. The molecule has 0 saturated heterocycles. The van der Waals surface area contributed by atoms with Crippen molar-refractivity contribution in [3.05, 3.63) is 0 Å². The van der Waals surface area contributed by atoms with E-state index in [0.29, 0.717) is 0 Å². The second kappa shape index (κ2) is 16.6. The van der Waals surface area contributed by atoms with Crippen molar-refractivity contribution in [2.24, 2.45) is 0 Å². The molecule has 0 aliphatic carbocycles. The van der Waals surface area contributed by atoms with E-state index in [4.69, 9.17) is 11.1 Å². The summed E-state index contributed by atoms with van der Waals surface area (Å²) in [6.45, 7) is 13.2. The number of hydrogen-bond donors (Lipinski definition) is 0. The zero-order valence-corrected chi connectivity index (χ0v) is 18.9. The molecule has 0 atom stereocenters. The van der Waals surface area contributed by atoms with Crippen LogP contribution in [0.5, 0.6) is 0 Å². The fourth-order valence-electron chi connectivity index (χ4n) is 0. The molecule has 0 nitrogen and oxygen atoms in total. The van der Waals surface area contributed by atoms with Crippen molar-refractivity contribution >= 4 is 45.8 Å². The third kappa shape index (κ3) is 254. The summed E-state index contributed by atoms with van der Waals surface area (Å²) < 4.78 is 0. The number of halogens is 4. The molecule has 0 fully saturated rings. The van der Waals surface area contributed by atoms with E-state index in [1.54, 1.807) is 0 Å². The Hall–Kier alpha value is 3.63. The molecule has 0 aliphatic rings. The first kappa shape index (κ1) is 36.0. The molecule has 8 heteroatoms. The molecule has 0 aromatic heterocycles. The third-order valence-electron chi connectivity index (χ3n) is 0. The topological polar surface area (TPSA) is 0 Å². The molecule has 0 aliphatic heterocycles. The molecule has 0 aromatic carbocycles. The van der Waals surface area contributed by atoms with Crippen molar-refractivity contribution in [3.63, 3.8) is 0 Å². The van der Waals surface area contributed by atoms with Crippen LogP contribution in [0.4, 0.5) is 0 Å². The molecule has 0 spiro atoms. The van der Waals surface area contributed by atoms with E-state index >= 15 is 0 Å². The Bertz CT molecular complexity index is 74.1. The van der Waals surface area contributed by atoms with Gasteiger partial charge in [-0.2, -0.15) is 11.1 Å². The molecule has 0 rings (SSSR count). The fourth-order valence-corrected chi connectivity index (χ4v) is 0. The SMILES string of the molecule is C[Si](C)(C)Cl.C[Si](C)(C)I.[Cl-].[Cl-].[Li+].[Na+]. The molecule has 14 heavy (non-hydrogen) atoms. The Labute approximate surface area is 156 Å². The molecule has 0 saturated carbocycles. The van der Waals surface area contributed by atoms with Crippen molar-refractivity contribution in [1.29, 1.82) is 0 Å². The van der Waals surface area contributed by atoms with Crippen LogP contribution < -0.4 is 73.2 Å². The van der Waals surface area contributed by atoms with Crippen molar-refractivity contribution in [2.45, 2.75) is 39.3 Å². The van der Waals surface area contributed by atoms with Gasteiger partial charge in [0, 0.05) is 0 Å². The standard InChI is InChI=1S/C3H9ClSi.C3H9ISi.2ClH.Li.Na/c2*1-5(2,3)4;;;;/h2*1-3H3;2*1H;;/q;;;;2*+1/p-2. The Morgan fingerprint density at radius 3 is 0.857 bits per heavy atom. The summed E-state index contributed by atoms with van der Waals surface area (Å²) in [5.74, 6) is 0. The van der Waals surface area contributed by atoms with E-state index in [-0.39, 0.29) is 73.2 Å². The van der Waals surface area contributed by atoms with Gasteiger partial charge in [0.05, 0.1) is 0 Å². The molecule has 80 valence electrons. The van der Waals surface area contributed by atoms with E-state index in [2.05, 4.69) is 61.1 Å². The predicted octanol–water partition coefficient (Wildman–Crippen LogP) is -7.67. The largest absolute Gasteiger partial charge is 1.00 e. The first-order chi connectivity index (χ1) is 4.00. The van der Waals surface area contributed by atoms with E-state index in [9.17, 15) is 0 Å². The zero-order chi connectivity index (χ0) is 9.00. The van der Waals surface area contributed by atoms with Crippen molar-refractivity contribution in [2.75, 3.05) is 0 Å². The quantitative estimate of drug-likeness (QED) is 0.212. The third-order valence-corrected chi connectivity index (χ3v) is 0. The molecular formula is C6H18Cl3ILiNaSi2. The van der Waals surface area contributed by atoms with Gasteiger partial charge in [0.25, 0.3) is 0 Å². The normalized spacial score (nSPS) is 8.57. The van der Waals surface area contributed by atoms with Crippen LogP contribution in [0.15, 0.2) is 0 Å². The maximum absolute atomic E-state index is 5.67. The molecule has 0 unspecified atom stereocenters. The molecule has 0 N–H and O–H groups in total. The minimum Gasteiger partial charge on any atom is -1.00 e. The van der Waals surface area contributed by atoms with Crippen LogP contribution in [0.1, 0.15) is 0 Å². The van der Waals surface area contributed by atoms with Gasteiger partial charge in [0.15, 0.2) is 0 Å². The first-order valence-corrected chi connectivity index (χ1v) is 14.5. The van der Waals surface area contributed by atoms with Gasteiger partial charge in [-0.3, -0.25) is 0 Å². The van der Waals surface area contributed by atoms with Crippen LogP contribution in [0, 0.1) is 0 Å². The minimum atomic E-state index is -1.14. The van der Waals surface area contributed by atoms with Crippen LogP contribution >= 0.6 is 32.9 Å². The second-order valence-electron chi connectivity index (χ2n) is 4.13. The fraction of sp³-hybridized carbons (Fsp3) is 1.00. The maximum Gasteiger partial charge on any atom is 1.00 e. The first-order valence-electron chi connectivity index (χ1n) is 3.38. The average molecular weight is 410 g/mol. The maximum atomic E-state index is 5.67. The van der Waals surface area contributed by atoms with Crippen LogP contribution in [0.2, 0.25) is 39.3 Å². The minimum absolute atomic E-state index is 0. The molecule has 0 radical (unpaired) electrons. The van der Waals surface area contributed by atoms with E-state index in [0.717, 1.165) is 0 Å². The van der Waals surface area contributed by atoms with Crippen LogP contribution in [0.25, 0.3) is 0 Å². The van der Waals surface area contributed by atoms with Gasteiger partial charge in [-0.1, -0.05) is 39.3 Å². The Morgan fingerprint density at radius 1 is 0.857 bits per heavy atom. The molecular weight excluding hydrogens is 391 g/mol. The van der Waals surface area contributed by atoms with Gasteiger partial charge in [-0.05, 0) is 0 Å². The van der Waals surface area contributed by atoms with Gasteiger partial charge < -0.3 is 24.8 Å². The summed E-state index contributed by atoms with van der Waals surface area (Å²) in [5.41, 5.74) is -0.641. The van der Waals surface area contributed by atoms with E-state index < -0.39 is 13.0 Å². The summed E-state index contributed by atoms with van der Waals surface area (Å²) in [6, 6.07) is 0. The van der Waals surface area contributed by atoms with Gasteiger partial charge in [0.2, 0.25) is 0 Å². The van der Waals surface area contributed by atoms with Crippen molar-refractivity contribution in [3.8, 4) is 0 Å². The molecule has 0 aromatic rings. The Kier molecular flexibility index (Phi) is 42.8. The monoisotopic (exact) mass is 408 g/mol. The summed E-state index contributed by atoms with van der Waals surface area (Å²) >= 11 is 8.19. The van der Waals surface area contributed by atoms with Gasteiger partial charge in [-0.25, -0.2) is 0 Å². The Morgan fingerprint density at radius 2 is 0.857 bits per heavy atom. The number of hydrogen-bond acceptors (Lipinski definition) is 0. The van der Waals surface area contributed by atoms with Crippen molar-refractivity contribution in [1.82, 2.24) is 0 Å². The molecule has 0 bridgehead atoms. The summed E-state index contributed by atoms with van der Waals surface area (Å²) in [7, 11) is -1.14. The van der Waals surface area contributed by atoms with Crippen LogP contribution in [-0.4, -0.2) is 13.0 Å². The van der Waals surface area contributed by atoms with Crippen LogP contribution in [-0.2, 0) is 0 Å². The second-order valence-corrected chi connectivity index (χ2v) is 25.5. The van der Waals surface area contributed by atoms with E-state index in [1.165, 1.54) is 0 Å². The molecule has 0 heterocycles. The average Bonchev–Trinajstić information content (AvgIpc) is 1.12.